The van der Waals surface area contributed by atoms with Crippen molar-refractivity contribution in [1.82, 2.24) is 9.55 Å². The van der Waals surface area contributed by atoms with Crippen molar-refractivity contribution in [1.29, 1.82) is 5.26 Å². The molecule has 4 nitrogen and oxygen atoms in total. The van der Waals surface area contributed by atoms with Crippen molar-refractivity contribution in [2.45, 2.75) is 18.8 Å². The van der Waals surface area contributed by atoms with Crippen molar-refractivity contribution < 1.29 is 4.42 Å². The molecule has 0 saturated carbocycles. The molecule has 0 radical (unpaired) electrons. The fraction of sp³-hybridized carbons (Fsp3) is 0.0732. The van der Waals surface area contributed by atoms with Gasteiger partial charge in [0.15, 0.2) is 0 Å². The Kier molecular flexibility index (Phi) is 5.42. The fourth-order valence-electron chi connectivity index (χ4n) is 7.71. The first kappa shape index (κ1) is 25.6. The van der Waals surface area contributed by atoms with Gasteiger partial charge < -0.3 is 4.42 Å². The first-order chi connectivity index (χ1) is 22.2. The number of aryl methyl sites for hydroxylation is 1. The van der Waals surface area contributed by atoms with E-state index in [1.165, 1.54) is 22.3 Å². The summed E-state index contributed by atoms with van der Waals surface area (Å²) in [6, 6.07) is 49.3. The van der Waals surface area contributed by atoms with E-state index in [4.69, 9.17) is 9.40 Å². The molecule has 45 heavy (non-hydrogen) atoms. The van der Waals surface area contributed by atoms with Crippen LogP contribution in [0.15, 0.2) is 138 Å². The van der Waals surface area contributed by atoms with Gasteiger partial charge in [0.25, 0.3) is 0 Å². The fourth-order valence-corrected chi connectivity index (χ4v) is 7.71. The molecule has 0 amide bonds. The van der Waals surface area contributed by atoms with E-state index in [1.807, 2.05) is 24.3 Å². The van der Waals surface area contributed by atoms with Crippen LogP contribution >= 0.6 is 0 Å². The molecule has 6 aromatic carbocycles. The summed E-state index contributed by atoms with van der Waals surface area (Å²) in [4.78, 5) is 4.92. The summed E-state index contributed by atoms with van der Waals surface area (Å²) in [5.41, 5.74) is 11.9. The molecule has 0 N–H and O–H groups in total. The van der Waals surface area contributed by atoms with Gasteiger partial charge in [0.05, 0.1) is 28.1 Å². The number of benzene rings is 6. The first-order valence-electron chi connectivity index (χ1n) is 15.4. The molecule has 1 aliphatic rings. The Hall–Kier alpha value is -5.92. The van der Waals surface area contributed by atoms with Gasteiger partial charge in [0.1, 0.15) is 17.0 Å². The molecule has 0 aliphatic heterocycles. The Labute approximate surface area is 260 Å². The van der Waals surface area contributed by atoms with E-state index in [9.17, 15) is 5.26 Å². The van der Waals surface area contributed by atoms with E-state index in [1.54, 1.807) is 0 Å². The summed E-state index contributed by atoms with van der Waals surface area (Å²) in [5, 5.41) is 12.0. The number of imidazole rings is 1. The lowest BCUT2D eigenvalue weighted by molar-refractivity contribution is 0.668. The highest BCUT2D eigenvalue weighted by Crippen LogP contribution is 2.58. The number of hydrogen-bond donors (Lipinski definition) is 0. The summed E-state index contributed by atoms with van der Waals surface area (Å²) < 4.78 is 8.64. The van der Waals surface area contributed by atoms with Gasteiger partial charge in [-0.2, -0.15) is 5.26 Å². The van der Waals surface area contributed by atoms with Gasteiger partial charge in [0, 0.05) is 22.9 Å². The van der Waals surface area contributed by atoms with Crippen molar-refractivity contribution in [3.63, 3.8) is 0 Å². The topological polar surface area (TPSA) is 54.8 Å². The number of para-hydroxylation sites is 2. The van der Waals surface area contributed by atoms with Crippen LogP contribution in [0.5, 0.6) is 0 Å². The molecule has 8 aromatic rings. The predicted octanol–water partition coefficient (Wildman–Crippen LogP) is 9.72. The molecule has 0 fully saturated rings. The zero-order chi connectivity index (χ0) is 30.1. The Bertz CT molecular complexity index is 2480. The second kappa shape index (κ2) is 9.54. The van der Waals surface area contributed by atoms with Gasteiger partial charge in [-0.05, 0) is 75.8 Å². The zero-order valence-corrected chi connectivity index (χ0v) is 24.7. The van der Waals surface area contributed by atoms with Crippen molar-refractivity contribution >= 4 is 33.0 Å². The number of nitrogens with zero attached hydrogens (tertiary/aromatic N) is 3. The average molecular weight is 578 g/mol. The Morgan fingerprint density at radius 1 is 0.689 bits per heavy atom. The smallest absolute Gasteiger partial charge is 0.136 e. The van der Waals surface area contributed by atoms with Crippen LogP contribution < -0.4 is 0 Å². The largest absolute Gasteiger partial charge is 0.456 e. The normalized spacial score (nSPS) is 15.4. The van der Waals surface area contributed by atoms with Gasteiger partial charge in [-0.15, -0.1) is 0 Å². The first-order valence-corrected chi connectivity index (χ1v) is 15.4. The van der Waals surface area contributed by atoms with Crippen molar-refractivity contribution in [3.8, 4) is 22.9 Å². The molecule has 212 valence electrons. The van der Waals surface area contributed by atoms with E-state index in [2.05, 4.69) is 127 Å². The van der Waals surface area contributed by atoms with Crippen molar-refractivity contribution in [2.24, 2.45) is 0 Å². The average Bonchev–Trinajstić information content (AvgIpc) is 3.77. The minimum atomic E-state index is -0.574. The minimum absolute atomic E-state index is 0.574. The molecular formula is C41H27N3O. The van der Waals surface area contributed by atoms with Crippen LogP contribution in [0.1, 0.15) is 40.6 Å². The number of fused-ring (bicyclic) bond motifs is 8. The standard InChI is InChI=1S/C41H27N3O/c1-2-37-43-33-16-8-9-17-34(33)44(37)29-21-19-28(20-22-29)41(27-12-4-3-5-13-27)31-15-7-6-14-30(31)39-32(41)23-24-36-40(39)38-26(25-42)11-10-18-35(38)45-36/h3-24H,2H2,1H3. The zero-order valence-electron chi connectivity index (χ0n) is 24.7. The maximum Gasteiger partial charge on any atom is 0.136 e. The van der Waals surface area contributed by atoms with Gasteiger partial charge in [0.2, 0.25) is 0 Å². The number of hydrogen-bond acceptors (Lipinski definition) is 3. The molecular weight excluding hydrogens is 550 g/mol. The van der Waals surface area contributed by atoms with Crippen LogP contribution in [0, 0.1) is 11.3 Å². The molecule has 0 saturated heterocycles. The molecule has 1 unspecified atom stereocenters. The summed E-state index contributed by atoms with van der Waals surface area (Å²) in [5.74, 6) is 1.04. The molecule has 2 heterocycles. The number of aromatic nitrogens is 2. The molecule has 2 aromatic heterocycles. The maximum absolute atomic E-state index is 10.1. The van der Waals surface area contributed by atoms with Gasteiger partial charge in [-0.3, -0.25) is 4.57 Å². The van der Waals surface area contributed by atoms with Crippen LogP contribution in [-0.2, 0) is 11.8 Å². The summed E-state index contributed by atoms with van der Waals surface area (Å²) >= 11 is 0. The lowest BCUT2D eigenvalue weighted by atomic mass is 9.67. The quantitative estimate of drug-likeness (QED) is 0.209. The Morgan fingerprint density at radius 2 is 1.42 bits per heavy atom. The summed E-state index contributed by atoms with van der Waals surface area (Å²) in [6.07, 6.45) is 0.838. The number of furan rings is 1. The molecule has 1 aliphatic carbocycles. The highest BCUT2D eigenvalue weighted by Gasteiger charge is 2.47. The maximum atomic E-state index is 10.1. The van der Waals surface area contributed by atoms with Crippen LogP contribution in [0.3, 0.4) is 0 Å². The third kappa shape index (κ3) is 3.38. The lowest BCUT2D eigenvalue weighted by Gasteiger charge is -2.34. The van der Waals surface area contributed by atoms with Gasteiger partial charge >= 0.3 is 0 Å². The molecule has 9 rings (SSSR count). The van der Waals surface area contributed by atoms with E-state index in [-0.39, 0.29) is 0 Å². The molecule has 1 atom stereocenters. The van der Waals surface area contributed by atoms with Gasteiger partial charge in [-0.25, -0.2) is 4.98 Å². The predicted molar refractivity (Wildman–Crippen MR) is 180 cm³/mol. The van der Waals surface area contributed by atoms with Crippen molar-refractivity contribution in [3.05, 3.63) is 167 Å². The SMILES string of the molecule is CCc1nc2ccccc2n1-c1ccc(C2(c3ccccc3)c3ccccc3-c3c2ccc2oc4cccc(C#N)c4c32)cc1. The third-order valence-corrected chi connectivity index (χ3v) is 9.50. The van der Waals surface area contributed by atoms with E-state index < -0.39 is 5.41 Å². The second-order valence-electron chi connectivity index (χ2n) is 11.7. The number of nitriles is 1. The highest BCUT2D eigenvalue weighted by atomic mass is 16.3. The van der Waals surface area contributed by atoms with E-state index in [0.717, 1.165) is 62.0 Å². The number of rotatable bonds is 4. The Morgan fingerprint density at radius 3 is 2.24 bits per heavy atom. The monoisotopic (exact) mass is 577 g/mol. The van der Waals surface area contributed by atoms with E-state index in [0.29, 0.717) is 5.56 Å². The molecule has 0 bridgehead atoms. The van der Waals surface area contributed by atoms with Crippen LogP contribution in [0.4, 0.5) is 0 Å². The Balaban J connectivity index is 1.37. The van der Waals surface area contributed by atoms with Crippen molar-refractivity contribution in [2.75, 3.05) is 0 Å². The van der Waals surface area contributed by atoms with E-state index >= 15 is 0 Å². The third-order valence-electron chi connectivity index (χ3n) is 9.50. The molecule has 0 spiro atoms. The summed E-state index contributed by atoms with van der Waals surface area (Å²) in [7, 11) is 0. The summed E-state index contributed by atoms with van der Waals surface area (Å²) in [6.45, 7) is 2.15. The lowest BCUT2D eigenvalue weighted by Crippen LogP contribution is -2.28. The van der Waals surface area contributed by atoms with Gasteiger partial charge in [-0.1, -0.05) is 97.9 Å². The molecule has 4 heteroatoms. The second-order valence-corrected chi connectivity index (χ2v) is 11.7. The van der Waals surface area contributed by atoms with Crippen LogP contribution in [-0.4, -0.2) is 9.55 Å². The van der Waals surface area contributed by atoms with Crippen LogP contribution in [0.2, 0.25) is 0 Å². The van der Waals surface area contributed by atoms with Crippen LogP contribution in [0.25, 0.3) is 49.8 Å². The highest BCUT2D eigenvalue weighted by molar-refractivity contribution is 6.17. The minimum Gasteiger partial charge on any atom is -0.456 e.